The van der Waals surface area contributed by atoms with Gasteiger partial charge in [-0.05, 0) is 31.5 Å². The number of aryl methyl sites for hydroxylation is 1. The van der Waals surface area contributed by atoms with Crippen molar-refractivity contribution < 1.29 is 9.53 Å². The maximum atomic E-state index is 11.9. The van der Waals surface area contributed by atoms with Crippen LogP contribution in [0.4, 0.5) is 0 Å². The van der Waals surface area contributed by atoms with E-state index in [1.54, 1.807) is 0 Å². The highest BCUT2D eigenvalue weighted by Crippen LogP contribution is 2.29. The Balaban J connectivity index is 2.27. The summed E-state index contributed by atoms with van der Waals surface area (Å²) in [6, 6.07) is 12.0. The molecule has 0 bridgehead atoms. The Hall–Kier alpha value is -2.29. The zero-order valence-electron chi connectivity index (χ0n) is 11.0. The lowest BCUT2D eigenvalue weighted by molar-refractivity contribution is 0.0525. The van der Waals surface area contributed by atoms with Gasteiger partial charge >= 0.3 is 5.97 Å². The topological polar surface area (TPSA) is 42.1 Å². The number of nitrogens with one attached hydrogen (secondary N) is 1. The van der Waals surface area contributed by atoms with Crippen molar-refractivity contribution in [3.05, 3.63) is 47.5 Å². The molecule has 96 valence electrons. The van der Waals surface area contributed by atoms with Gasteiger partial charge in [0.1, 0.15) is 0 Å². The zero-order chi connectivity index (χ0) is 13.4. The predicted molar refractivity (Wildman–Crippen MR) is 76.5 cm³/mol. The van der Waals surface area contributed by atoms with E-state index in [9.17, 15) is 4.79 Å². The van der Waals surface area contributed by atoms with Crippen LogP contribution < -0.4 is 0 Å². The number of rotatable bonds is 2. The molecule has 0 spiro atoms. The fourth-order valence-corrected chi connectivity index (χ4v) is 2.49. The summed E-state index contributed by atoms with van der Waals surface area (Å²) in [6.45, 7) is 4.15. The van der Waals surface area contributed by atoms with Crippen LogP contribution in [0.25, 0.3) is 21.8 Å². The highest BCUT2D eigenvalue weighted by Gasteiger charge is 2.14. The lowest BCUT2D eigenvalue weighted by Crippen LogP contribution is -2.06. The maximum absolute atomic E-state index is 11.9. The Morgan fingerprint density at radius 3 is 2.74 bits per heavy atom. The summed E-state index contributed by atoms with van der Waals surface area (Å²) in [4.78, 5) is 15.3. The summed E-state index contributed by atoms with van der Waals surface area (Å²) in [7, 11) is 0. The van der Waals surface area contributed by atoms with Crippen LogP contribution in [0.2, 0.25) is 0 Å². The average Bonchev–Trinajstić information content (AvgIpc) is 2.79. The third-order valence-corrected chi connectivity index (χ3v) is 3.44. The molecular formula is C16H15NO2. The van der Waals surface area contributed by atoms with Crippen LogP contribution in [0, 0.1) is 6.92 Å². The van der Waals surface area contributed by atoms with E-state index in [0.717, 1.165) is 22.0 Å². The molecule has 1 N–H and O–H groups in total. The van der Waals surface area contributed by atoms with Gasteiger partial charge in [-0.15, -0.1) is 0 Å². The maximum Gasteiger partial charge on any atom is 0.338 e. The van der Waals surface area contributed by atoms with Crippen LogP contribution in [0.1, 0.15) is 22.8 Å². The number of carbonyl (C=O) groups excluding carboxylic acids is 1. The average molecular weight is 253 g/mol. The molecule has 19 heavy (non-hydrogen) atoms. The van der Waals surface area contributed by atoms with Crippen LogP contribution in [-0.4, -0.2) is 17.6 Å². The molecule has 0 amide bonds. The number of aromatic nitrogens is 1. The molecule has 0 aliphatic heterocycles. The summed E-state index contributed by atoms with van der Waals surface area (Å²) >= 11 is 0. The van der Waals surface area contributed by atoms with Crippen LogP contribution in [0.15, 0.2) is 36.4 Å². The largest absolute Gasteiger partial charge is 0.462 e. The molecule has 2 aromatic carbocycles. The van der Waals surface area contributed by atoms with Crippen LogP contribution in [-0.2, 0) is 4.74 Å². The lowest BCUT2D eigenvalue weighted by atomic mass is 10.0. The quantitative estimate of drug-likeness (QED) is 0.706. The number of fused-ring (bicyclic) bond motifs is 3. The second-order valence-electron chi connectivity index (χ2n) is 4.55. The second-order valence-corrected chi connectivity index (χ2v) is 4.55. The van der Waals surface area contributed by atoms with Crippen molar-refractivity contribution in [2.45, 2.75) is 13.8 Å². The number of para-hydroxylation sites is 1. The van der Waals surface area contributed by atoms with E-state index in [1.807, 2.05) is 44.2 Å². The van der Waals surface area contributed by atoms with Crippen molar-refractivity contribution in [2.75, 3.05) is 6.61 Å². The number of benzene rings is 2. The smallest absolute Gasteiger partial charge is 0.338 e. The first-order valence-corrected chi connectivity index (χ1v) is 6.39. The number of aromatic amines is 1. The van der Waals surface area contributed by atoms with E-state index in [0.29, 0.717) is 12.2 Å². The van der Waals surface area contributed by atoms with E-state index in [1.165, 1.54) is 5.39 Å². The molecule has 1 heterocycles. The third kappa shape index (κ3) is 1.78. The molecule has 3 rings (SSSR count). The Bertz CT molecular complexity index is 771. The van der Waals surface area contributed by atoms with Crippen molar-refractivity contribution >= 4 is 27.8 Å². The Labute approximate surface area is 111 Å². The van der Waals surface area contributed by atoms with E-state index >= 15 is 0 Å². The van der Waals surface area contributed by atoms with Gasteiger partial charge in [-0.25, -0.2) is 4.79 Å². The number of H-pyrrole nitrogens is 1. The Kier molecular flexibility index (Phi) is 2.75. The molecule has 1 aromatic heterocycles. The SMILES string of the molecule is CCOC(=O)c1ccc2c([nH]c3ccccc32)c1C. The van der Waals surface area contributed by atoms with Gasteiger partial charge in [0.25, 0.3) is 0 Å². The van der Waals surface area contributed by atoms with Crippen molar-refractivity contribution in [3.8, 4) is 0 Å². The van der Waals surface area contributed by atoms with Crippen molar-refractivity contribution in [1.29, 1.82) is 0 Å². The van der Waals surface area contributed by atoms with E-state index in [2.05, 4.69) is 11.1 Å². The molecule has 0 saturated heterocycles. The van der Waals surface area contributed by atoms with Crippen LogP contribution >= 0.6 is 0 Å². The van der Waals surface area contributed by atoms with E-state index in [-0.39, 0.29) is 5.97 Å². The molecule has 0 aliphatic rings. The number of ether oxygens (including phenoxy) is 1. The normalized spacial score (nSPS) is 11.1. The zero-order valence-corrected chi connectivity index (χ0v) is 11.0. The van der Waals surface area contributed by atoms with Crippen LogP contribution in [0.3, 0.4) is 0 Å². The van der Waals surface area contributed by atoms with Crippen molar-refractivity contribution in [3.63, 3.8) is 0 Å². The minimum atomic E-state index is -0.263. The molecule has 0 aliphatic carbocycles. The van der Waals surface area contributed by atoms with Gasteiger partial charge in [-0.1, -0.05) is 24.3 Å². The molecule has 3 heteroatoms. The second kappa shape index (κ2) is 4.43. The minimum Gasteiger partial charge on any atom is -0.462 e. The van der Waals surface area contributed by atoms with Gasteiger partial charge in [-0.2, -0.15) is 0 Å². The number of hydrogen-bond acceptors (Lipinski definition) is 2. The molecule has 3 nitrogen and oxygen atoms in total. The molecule has 3 aromatic rings. The molecule has 0 atom stereocenters. The summed E-state index contributed by atoms with van der Waals surface area (Å²) in [5.74, 6) is -0.263. The number of esters is 1. The fraction of sp³-hybridized carbons (Fsp3) is 0.188. The lowest BCUT2D eigenvalue weighted by Gasteiger charge is -2.06. The fourth-order valence-electron chi connectivity index (χ4n) is 2.49. The van der Waals surface area contributed by atoms with Gasteiger partial charge in [0, 0.05) is 16.3 Å². The summed E-state index contributed by atoms with van der Waals surface area (Å²) in [6.07, 6.45) is 0. The first kappa shape index (κ1) is 11.8. The molecule has 0 saturated carbocycles. The van der Waals surface area contributed by atoms with Crippen molar-refractivity contribution in [2.24, 2.45) is 0 Å². The molecule has 0 unspecified atom stereocenters. The summed E-state index contributed by atoms with van der Waals surface area (Å²) in [5, 5.41) is 2.32. The predicted octanol–water partition coefficient (Wildman–Crippen LogP) is 3.81. The Morgan fingerprint density at radius 2 is 1.95 bits per heavy atom. The van der Waals surface area contributed by atoms with E-state index in [4.69, 9.17) is 4.74 Å². The van der Waals surface area contributed by atoms with Crippen LogP contribution in [0.5, 0.6) is 0 Å². The van der Waals surface area contributed by atoms with Gasteiger partial charge in [0.2, 0.25) is 0 Å². The molecular weight excluding hydrogens is 238 g/mol. The van der Waals surface area contributed by atoms with Crippen molar-refractivity contribution in [1.82, 2.24) is 4.98 Å². The Morgan fingerprint density at radius 1 is 1.16 bits per heavy atom. The molecule has 0 radical (unpaired) electrons. The number of carbonyl (C=O) groups is 1. The summed E-state index contributed by atoms with van der Waals surface area (Å²) < 4.78 is 5.08. The monoisotopic (exact) mass is 253 g/mol. The third-order valence-electron chi connectivity index (χ3n) is 3.44. The highest BCUT2D eigenvalue weighted by molar-refractivity contribution is 6.10. The summed E-state index contributed by atoms with van der Waals surface area (Å²) in [5.41, 5.74) is 3.65. The molecule has 0 fully saturated rings. The van der Waals surface area contributed by atoms with E-state index < -0.39 is 0 Å². The van der Waals surface area contributed by atoms with Gasteiger partial charge in [0.15, 0.2) is 0 Å². The standard InChI is InChI=1S/C16H15NO2/c1-3-19-16(18)11-8-9-13-12-6-4-5-7-14(12)17-15(13)10(11)2/h4-9,17H,3H2,1-2H3. The highest BCUT2D eigenvalue weighted by atomic mass is 16.5. The first-order chi connectivity index (χ1) is 9.22. The minimum absolute atomic E-state index is 0.263. The van der Waals surface area contributed by atoms with Gasteiger partial charge < -0.3 is 9.72 Å². The van der Waals surface area contributed by atoms with Gasteiger partial charge in [-0.3, -0.25) is 0 Å². The number of hydrogen-bond donors (Lipinski definition) is 1. The van der Waals surface area contributed by atoms with Gasteiger partial charge in [0.05, 0.1) is 17.7 Å². The first-order valence-electron chi connectivity index (χ1n) is 6.39.